The Balaban J connectivity index is 2.17. The summed E-state index contributed by atoms with van der Waals surface area (Å²) in [7, 11) is 1.60. The third-order valence-corrected chi connectivity index (χ3v) is 2.93. The molecule has 1 aromatic carbocycles. The number of carbonyl (C=O) groups is 1. The quantitative estimate of drug-likeness (QED) is 0.792. The minimum Gasteiger partial charge on any atom is -0.496 e. The van der Waals surface area contributed by atoms with Gasteiger partial charge in [0.25, 0.3) is 5.91 Å². The third kappa shape index (κ3) is 1.59. The Morgan fingerprint density at radius 3 is 2.83 bits per heavy atom. The van der Waals surface area contributed by atoms with Crippen LogP contribution in [0.15, 0.2) is 36.5 Å². The number of hydrogen-bond acceptors (Lipinski definition) is 2. The standard InChI is InChI=1S/C14H12N2O2/c1-18-12-6-2-5-11-13(12)10(14(17)16-11)8-9-4-3-7-15-9/h2-8,15H,1H3,(H,16,17)/b10-8-. The second kappa shape index (κ2) is 4.07. The highest BCUT2D eigenvalue weighted by molar-refractivity contribution is 6.35. The van der Waals surface area contributed by atoms with Crippen LogP contribution in [0.25, 0.3) is 11.6 Å². The van der Waals surface area contributed by atoms with E-state index in [0.717, 1.165) is 16.9 Å². The summed E-state index contributed by atoms with van der Waals surface area (Å²) in [6.45, 7) is 0. The van der Waals surface area contributed by atoms with Gasteiger partial charge in [0.1, 0.15) is 5.75 Å². The first-order valence-electron chi connectivity index (χ1n) is 5.63. The first-order chi connectivity index (χ1) is 8.79. The Morgan fingerprint density at radius 2 is 2.11 bits per heavy atom. The van der Waals surface area contributed by atoms with Gasteiger partial charge in [0.15, 0.2) is 0 Å². The van der Waals surface area contributed by atoms with E-state index in [2.05, 4.69) is 10.3 Å². The van der Waals surface area contributed by atoms with Gasteiger partial charge >= 0.3 is 0 Å². The van der Waals surface area contributed by atoms with E-state index in [1.165, 1.54) is 0 Å². The van der Waals surface area contributed by atoms with E-state index in [1.54, 1.807) is 7.11 Å². The Kier molecular flexibility index (Phi) is 2.41. The number of rotatable bonds is 2. The first-order valence-corrected chi connectivity index (χ1v) is 5.63. The van der Waals surface area contributed by atoms with Crippen molar-refractivity contribution in [3.63, 3.8) is 0 Å². The van der Waals surface area contributed by atoms with Gasteiger partial charge in [-0.3, -0.25) is 4.79 Å². The summed E-state index contributed by atoms with van der Waals surface area (Å²) in [4.78, 5) is 15.0. The summed E-state index contributed by atoms with van der Waals surface area (Å²) >= 11 is 0. The average molecular weight is 240 g/mol. The zero-order valence-corrected chi connectivity index (χ0v) is 9.86. The fourth-order valence-corrected chi connectivity index (χ4v) is 2.11. The summed E-state index contributed by atoms with van der Waals surface area (Å²) in [6, 6.07) is 9.37. The predicted octanol–water partition coefficient (Wildman–Crippen LogP) is 2.52. The molecule has 0 saturated carbocycles. The van der Waals surface area contributed by atoms with E-state index in [-0.39, 0.29) is 5.91 Å². The maximum absolute atomic E-state index is 12.0. The van der Waals surface area contributed by atoms with Crippen molar-refractivity contribution in [1.29, 1.82) is 0 Å². The number of methoxy groups -OCH3 is 1. The number of nitrogens with one attached hydrogen (secondary N) is 2. The van der Waals surface area contributed by atoms with Crippen molar-refractivity contribution in [2.24, 2.45) is 0 Å². The molecule has 1 aromatic heterocycles. The SMILES string of the molecule is COc1cccc2c1/C(=C/c1ccc[nH]1)C(=O)N2. The van der Waals surface area contributed by atoms with Crippen LogP contribution in [0.3, 0.4) is 0 Å². The number of benzene rings is 1. The molecule has 0 atom stereocenters. The van der Waals surface area contributed by atoms with Gasteiger partial charge in [-0.05, 0) is 30.3 Å². The molecule has 3 rings (SSSR count). The third-order valence-electron chi connectivity index (χ3n) is 2.93. The molecule has 0 aliphatic carbocycles. The lowest BCUT2D eigenvalue weighted by Gasteiger charge is -2.05. The van der Waals surface area contributed by atoms with Gasteiger partial charge in [-0.2, -0.15) is 0 Å². The van der Waals surface area contributed by atoms with Crippen LogP contribution in [-0.2, 0) is 4.79 Å². The molecule has 0 spiro atoms. The summed E-state index contributed by atoms with van der Waals surface area (Å²) in [5, 5.41) is 2.83. The van der Waals surface area contributed by atoms with E-state index in [4.69, 9.17) is 4.74 Å². The van der Waals surface area contributed by atoms with Crippen LogP contribution in [0.4, 0.5) is 5.69 Å². The molecule has 0 bridgehead atoms. The van der Waals surface area contributed by atoms with E-state index in [9.17, 15) is 4.79 Å². The van der Waals surface area contributed by atoms with E-state index in [1.807, 2.05) is 42.6 Å². The first kappa shape index (κ1) is 10.7. The maximum atomic E-state index is 12.0. The van der Waals surface area contributed by atoms with Crippen LogP contribution in [0.1, 0.15) is 11.3 Å². The number of carbonyl (C=O) groups excluding carboxylic acids is 1. The summed E-state index contributed by atoms with van der Waals surface area (Å²) in [6.07, 6.45) is 3.64. The monoisotopic (exact) mass is 240 g/mol. The van der Waals surface area contributed by atoms with Gasteiger partial charge in [0.05, 0.1) is 23.9 Å². The summed E-state index contributed by atoms with van der Waals surface area (Å²) in [5.74, 6) is 0.591. The van der Waals surface area contributed by atoms with Crippen molar-refractivity contribution in [3.8, 4) is 5.75 Å². The highest BCUT2D eigenvalue weighted by Crippen LogP contribution is 2.39. The van der Waals surface area contributed by atoms with Crippen LogP contribution in [0.2, 0.25) is 0 Å². The molecule has 2 heterocycles. The van der Waals surface area contributed by atoms with Crippen LogP contribution in [0.5, 0.6) is 5.75 Å². The van der Waals surface area contributed by atoms with Gasteiger partial charge in [-0.25, -0.2) is 0 Å². The molecule has 0 fully saturated rings. The second-order valence-corrected chi connectivity index (χ2v) is 4.02. The number of fused-ring (bicyclic) bond motifs is 1. The molecule has 2 N–H and O–H groups in total. The molecule has 1 aliphatic heterocycles. The normalized spacial score (nSPS) is 15.6. The Bertz CT molecular complexity index is 627. The molecule has 90 valence electrons. The number of hydrogen-bond donors (Lipinski definition) is 2. The molecule has 18 heavy (non-hydrogen) atoms. The number of amides is 1. The maximum Gasteiger partial charge on any atom is 0.256 e. The average Bonchev–Trinajstić information content (AvgIpc) is 2.98. The molecule has 0 radical (unpaired) electrons. The zero-order valence-electron chi connectivity index (χ0n) is 9.86. The second-order valence-electron chi connectivity index (χ2n) is 4.02. The predicted molar refractivity (Wildman–Crippen MR) is 70.3 cm³/mol. The van der Waals surface area contributed by atoms with Gasteiger partial charge in [0.2, 0.25) is 0 Å². The number of aromatic amines is 1. The summed E-state index contributed by atoms with van der Waals surface area (Å²) < 4.78 is 5.31. The van der Waals surface area contributed by atoms with E-state index in [0.29, 0.717) is 11.3 Å². The fourth-order valence-electron chi connectivity index (χ4n) is 2.11. The van der Waals surface area contributed by atoms with Crippen molar-refractivity contribution in [2.45, 2.75) is 0 Å². The van der Waals surface area contributed by atoms with Gasteiger partial charge in [0, 0.05) is 11.9 Å². The molecular weight excluding hydrogens is 228 g/mol. The largest absolute Gasteiger partial charge is 0.496 e. The van der Waals surface area contributed by atoms with Gasteiger partial charge < -0.3 is 15.0 Å². The van der Waals surface area contributed by atoms with Crippen molar-refractivity contribution in [3.05, 3.63) is 47.8 Å². The molecule has 2 aromatic rings. The number of H-pyrrole nitrogens is 1. The lowest BCUT2D eigenvalue weighted by Crippen LogP contribution is -2.03. The minimum absolute atomic E-state index is 0.107. The van der Waals surface area contributed by atoms with Crippen molar-refractivity contribution in [1.82, 2.24) is 4.98 Å². The molecule has 1 amide bonds. The topological polar surface area (TPSA) is 54.1 Å². The Labute approximate surface area is 104 Å². The van der Waals surface area contributed by atoms with Crippen LogP contribution < -0.4 is 10.1 Å². The highest BCUT2D eigenvalue weighted by Gasteiger charge is 2.27. The molecular formula is C14H12N2O2. The molecule has 1 aliphatic rings. The Morgan fingerprint density at radius 1 is 1.22 bits per heavy atom. The molecule has 4 nitrogen and oxygen atoms in total. The molecule has 0 saturated heterocycles. The van der Waals surface area contributed by atoms with Crippen LogP contribution >= 0.6 is 0 Å². The smallest absolute Gasteiger partial charge is 0.256 e. The van der Waals surface area contributed by atoms with Crippen molar-refractivity contribution < 1.29 is 9.53 Å². The van der Waals surface area contributed by atoms with E-state index < -0.39 is 0 Å². The highest BCUT2D eigenvalue weighted by atomic mass is 16.5. The van der Waals surface area contributed by atoms with Crippen molar-refractivity contribution in [2.75, 3.05) is 12.4 Å². The summed E-state index contributed by atoms with van der Waals surface area (Å²) in [5.41, 5.74) is 3.11. The van der Waals surface area contributed by atoms with Crippen molar-refractivity contribution >= 4 is 23.2 Å². The minimum atomic E-state index is -0.107. The lowest BCUT2D eigenvalue weighted by atomic mass is 10.0. The number of ether oxygens (including phenoxy) is 1. The van der Waals surface area contributed by atoms with Crippen LogP contribution in [-0.4, -0.2) is 18.0 Å². The molecule has 0 unspecified atom stereocenters. The van der Waals surface area contributed by atoms with Gasteiger partial charge in [-0.15, -0.1) is 0 Å². The lowest BCUT2D eigenvalue weighted by molar-refractivity contribution is -0.110. The fraction of sp³-hybridized carbons (Fsp3) is 0.0714. The zero-order chi connectivity index (χ0) is 12.5. The number of anilines is 1. The molecule has 4 heteroatoms. The van der Waals surface area contributed by atoms with Gasteiger partial charge in [-0.1, -0.05) is 6.07 Å². The van der Waals surface area contributed by atoms with E-state index >= 15 is 0 Å². The van der Waals surface area contributed by atoms with Crippen LogP contribution in [0, 0.1) is 0 Å². The number of aromatic nitrogens is 1. The Hall–Kier alpha value is -2.49.